The van der Waals surface area contributed by atoms with Crippen molar-refractivity contribution < 1.29 is 0 Å². The van der Waals surface area contributed by atoms with Crippen molar-refractivity contribution in [1.82, 2.24) is 15.0 Å². The molecule has 164 valence electrons. The Labute approximate surface area is 207 Å². The Hall–Kier alpha value is -2.67. The van der Waals surface area contributed by atoms with Gasteiger partial charge in [-0.2, -0.15) is 0 Å². The molecule has 0 atom stereocenters. The van der Waals surface area contributed by atoms with E-state index in [0.717, 1.165) is 22.5 Å². The van der Waals surface area contributed by atoms with E-state index in [2.05, 4.69) is 113 Å². The van der Waals surface area contributed by atoms with Gasteiger partial charge in [0.25, 0.3) is 0 Å². The average molecular weight is 486 g/mol. The maximum absolute atomic E-state index is 4.69. The van der Waals surface area contributed by atoms with Crippen molar-refractivity contribution >= 4 is 46.3 Å². The van der Waals surface area contributed by atoms with Gasteiger partial charge in [-0.3, -0.25) is 0 Å². The van der Waals surface area contributed by atoms with Gasteiger partial charge in [0, 0.05) is 16.4 Å². The first kappa shape index (κ1) is 22.1. The molecule has 0 aliphatic rings. The molecule has 6 heteroatoms. The van der Waals surface area contributed by atoms with Crippen LogP contribution in [0, 0.1) is 0 Å². The quantitative estimate of drug-likeness (QED) is 0.158. The lowest BCUT2D eigenvalue weighted by atomic mass is 10.2. The summed E-state index contributed by atoms with van der Waals surface area (Å²) in [5.74, 6) is 1.74. The van der Waals surface area contributed by atoms with Gasteiger partial charge >= 0.3 is 0 Å². The number of nitrogens with zero attached hydrogens (tertiary/aromatic N) is 3. The molecule has 0 unspecified atom stereocenters. The molecule has 4 aromatic carbocycles. The van der Waals surface area contributed by atoms with E-state index in [-0.39, 0.29) is 0 Å². The maximum Gasteiger partial charge on any atom is 0.208 e. The van der Waals surface area contributed by atoms with Gasteiger partial charge in [-0.25, -0.2) is 4.68 Å². The summed E-state index contributed by atoms with van der Waals surface area (Å²) in [7, 11) is 0. The highest BCUT2D eigenvalue weighted by atomic mass is 32.3. The molecule has 5 rings (SSSR count). The Bertz CT molecular complexity index is 1250. The fourth-order valence-corrected chi connectivity index (χ4v) is 7.97. The Kier molecular flexibility index (Phi) is 7.05. The second-order valence-electron chi connectivity index (χ2n) is 7.48. The molecule has 0 bridgehead atoms. The van der Waals surface area contributed by atoms with E-state index in [1.807, 2.05) is 47.4 Å². The van der Waals surface area contributed by atoms with E-state index in [1.54, 1.807) is 0 Å². The molecule has 0 fully saturated rings. The Morgan fingerprint density at radius 2 is 1.12 bits per heavy atom. The first-order chi connectivity index (χ1) is 16.3. The van der Waals surface area contributed by atoms with Crippen LogP contribution in [0.25, 0.3) is 11.0 Å². The highest BCUT2D eigenvalue weighted by Crippen LogP contribution is 2.56. The molecule has 0 saturated carbocycles. The summed E-state index contributed by atoms with van der Waals surface area (Å²) < 4.78 is 1.67. The minimum Gasteiger partial charge on any atom is -0.208 e. The molecule has 3 nitrogen and oxygen atoms in total. The third-order valence-corrected chi connectivity index (χ3v) is 10.0. The minimum atomic E-state index is -0.441. The summed E-state index contributed by atoms with van der Waals surface area (Å²) >= 11 is 5.62. The number of rotatable bonds is 9. The standard InChI is InChI=1S/C27H23N3S3/c1-4-12-22(13-5-1)20-31-27(33-24-16-8-3-9-17-24,32-21-23-14-6-2-7-15-23)30-26-19-11-10-18-25(26)28-29-30/h1-19H,20-21H2. The van der Waals surface area contributed by atoms with Crippen molar-refractivity contribution in [1.29, 1.82) is 0 Å². The first-order valence-electron chi connectivity index (χ1n) is 10.7. The van der Waals surface area contributed by atoms with Gasteiger partial charge < -0.3 is 0 Å². The molecule has 0 aliphatic heterocycles. The lowest BCUT2D eigenvalue weighted by Crippen LogP contribution is -2.24. The molecule has 0 radical (unpaired) electrons. The van der Waals surface area contributed by atoms with E-state index in [0.29, 0.717) is 0 Å². The summed E-state index contributed by atoms with van der Waals surface area (Å²) in [6, 6.07) is 40.1. The van der Waals surface area contributed by atoms with E-state index >= 15 is 0 Å². The monoisotopic (exact) mass is 485 g/mol. The van der Waals surface area contributed by atoms with Crippen molar-refractivity contribution in [3.05, 3.63) is 126 Å². The highest BCUT2D eigenvalue weighted by molar-refractivity contribution is 8.31. The molecular weight excluding hydrogens is 463 g/mol. The van der Waals surface area contributed by atoms with Crippen molar-refractivity contribution in [3.8, 4) is 0 Å². The van der Waals surface area contributed by atoms with Gasteiger partial charge in [0.2, 0.25) is 3.54 Å². The molecule has 1 aromatic heterocycles. The van der Waals surface area contributed by atoms with Crippen molar-refractivity contribution in [2.45, 2.75) is 19.9 Å². The zero-order chi connectivity index (χ0) is 22.3. The molecule has 5 aromatic rings. The second kappa shape index (κ2) is 10.5. The van der Waals surface area contributed by atoms with Crippen molar-refractivity contribution in [3.63, 3.8) is 0 Å². The molecule has 33 heavy (non-hydrogen) atoms. The maximum atomic E-state index is 4.69. The van der Waals surface area contributed by atoms with Crippen LogP contribution < -0.4 is 0 Å². The van der Waals surface area contributed by atoms with Crippen LogP contribution in [0.5, 0.6) is 0 Å². The molecule has 0 spiro atoms. The van der Waals surface area contributed by atoms with Crippen molar-refractivity contribution in [2.75, 3.05) is 0 Å². The van der Waals surface area contributed by atoms with Crippen LogP contribution >= 0.6 is 35.3 Å². The van der Waals surface area contributed by atoms with Crippen LogP contribution in [0.3, 0.4) is 0 Å². The molecule has 0 aliphatic carbocycles. The van der Waals surface area contributed by atoms with E-state index < -0.39 is 3.54 Å². The van der Waals surface area contributed by atoms with Crippen molar-refractivity contribution in [2.24, 2.45) is 0 Å². The molecule has 0 N–H and O–H groups in total. The SMILES string of the molecule is c1ccc(CSC(SCc2ccccc2)(Sc2ccccc2)n2nnc3ccccc32)cc1. The number of fused-ring (bicyclic) bond motifs is 1. The third-order valence-electron chi connectivity index (χ3n) is 5.13. The number of hydrogen-bond acceptors (Lipinski definition) is 5. The number of thioether (sulfide) groups is 3. The minimum absolute atomic E-state index is 0.441. The number of benzene rings is 4. The lowest BCUT2D eigenvalue weighted by molar-refractivity contribution is 0.679. The Balaban J connectivity index is 1.58. The fourth-order valence-electron chi connectivity index (χ4n) is 3.47. The van der Waals surface area contributed by atoms with Gasteiger partial charge in [0.05, 0.1) is 5.52 Å². The van der Waals surface area contributed by atoms with E-state index in [1.165, 1.54) is 16.0 Å². The molecule has 1 heterocycles. The van der Waals surface area contributed by atoms with Gasteiger partial charge in [0.1, 0.15) is 5.52 Å². The third kappa shape index (κ3) is 5.29. The summed E-state index contributed by atoms with van der Waals surface area (Å²) in [6.07, 6.45) is 0. The normalized spacial score (nSPS) is 11.6. The predicted molar refractivity (Wildman–Crippen MR) is 143 cm³/mol. The summed E-state index contributed by atoms with van der Waals surface area (Å²) in [5, 5.41) is 9.20. The van der Waals surface area contributed by atoms with Crippen LogP contribution in [0.2, 0.25) is 0 Å². The van der Waals surface area contributed by atoms with Crippen LogP contribution in [0.15, 0.2) is 120 Å². The number of aromatic nitrogens is 3. The van der Waals surface area contributed by atoms with Gasteiger partial charge in [-0.05, 0) is 35.4 Å². The number of hydrogen-bond donors (Lipinski definition) is 0. The smallest absolute Gasteiger partial charge is 0.208 e. The summed E-state index contributed by atoms with van der Waals surface area (Å²) in [4.78, 5) is 1.21. The predicted octanol–water partition coefficient (Wildman–Crippen LogP) is 7.66. The van der Waals surface area contributed by atoms with Gasteiger partial charge in [-0.15, -0.1) is 28.6 Å². The average Bonchev–Trinajstić information content (AvgIpc) is 3.33. The molecular formula is C27H23N3S3. The zero-order valence-electron chi connectivity index (χ0n) is 18.0. The molecule has 0 saturated heterocycles. The Morgan fingerprint density at radius 3 is 1.73 bits per heavy atom. The van der Waals surface area contributed by atoms with Crippen LogP contribution in [-0.2, 0) is 15.0 Å². The van der Waals surface area contributed by atoms with E-state index in [9.17, 15) is 0 Å². The lowest BCUT2D eigenvalue weighted by Gasteiger charge is -2.32. The molecule has 0 amide bonds. The van der Waals surface area contributed by atoms with Crippen LogP contribution in [-0.4, -0.2) is 15.0 Å². The fraction of sp³-hybridized carbons (Fsp3) is 0.111. The topological polar surface area (TPSA) is 30.7 Å². The second-order valence-corrected chi connectivity index (χ2v) is 11.9. The van der Waals surface area contributed by atoms with Gasteiger partial charge in [0.15, 0.2) is 0 Å². The van der Waals surface area contributed by atoms with Gasteiger partial charge in [-0.1, -0.05) is 108 Å². The number of para-hydroxylation sites is 1. The summed E-state index contributed by atoms with van der Waals surface area (Å²) in [6.45, 7) is 0. The van der Waals surface area contributed by atoms with E-state index in [4.69, 9.17) is 5.21 Å². The largest absolute Gasteiger partial charge is 0.208 e. The van der Waals surface area contributed by atoms with Crippen LogP contribution in [0.1, 0.15) is 11.1 Å². The summed E-state index contributed by atoms with van der Waals surface area (Å²) in [5.41, 5.74) is 4.55. The highest BCUT2D eigenvalue weighted by Gasteiger charge is 2.38. The Morgan fingerprint density at radius 1 is 0.606 bits per heavy atom. The zero-order valence-corrected chi connectivity index (χ0v) is 20.4. The first-order valence-corrected chi connectivity index (χ1v) is 13.5. The van der Waals surface area contributed by atoms with Crippen LogP contribution in [0.4, 0.5) is 0 Å².